The summed E-state index contributed by atoms with van der Waals surface area (Å²) in [6.07, 6.45) is 4.34. The predicted octanol–water partition coefficient (Wildman–Crippen LogP) is 2.90. The SMILES string of the molecule is Cc1cccc(CSCC(=O)NC2CCCCC2CO)c1. The molecule has 1 aromatic rings. The lowest BCUT2D eigenvalue weighted by atomic mass is 9.85. The molecule has 21 heavy (non-hydrogen) atoms. The van der Waals surface area contributed by atoms with Crippen LogP contribution < -0.4 is 5.32 Å². The number of carbonyl (C=O) groups excluding carboxylic acids is 1. The van der Waals surface area contributed by atoms with E-state index in [1.165, 1.54) is 17.5 Å². The highest BCUT2D eigenvalue weighted by Crippen LogP contribution is 2.24. The van der Waals surface area contributed by atoms with Crippen molar-refractivity contribution in [1.82, 2.24) is 5.32 Å². The Morgan fingerprint density at radius 1 is 1.38 bits per heavy atom. The Morgan fingerprint density at radius 3 is 2.95 bits per heavy atom. The smallest absolute Gasteiger partial charge is 0.230 e. The van der Waals surface area contributed by atoms with E-state index in [1.807, 2.05) is 0 Å². The molecule has 1 amide bonds. The Balaban J connectivity index is 1.72. The van der Waals surface area contributed by atoms with Gasteiger partial charge in [0.1, 0.15) is 0 Å². The summed E-state index contributed by atoms with van der Waals surface area (Å²) in [6.45, 7) is 2.26. The molecule has 0 radical (unpaired) electrons. The van der Waals surface area contributed by atoms with E-state index in [9.17, 15) is 9.90 Å². The van der Waals surface area contributed by atoms with Gasteiger partial charge < -0.3 is 10.4 Å². The van der Waals surface area contributed by atoms with Gasteiger partial charge in [-0.15, -0.1) is 11.8 Å². The summed E-state index contributed by atoms with van der Waals surface area (Å²) in [5, 5.41) is 12.5. The van der Waals surface area contributed by atoms with Gasteiger partial charge >= 0.3 is 0 Å². The molecule has 3 nitrogen and oxygen atoms in total. The van der Waals surface area contributed by atoms with E-state index < -0.39 is 0 Å². The van der Waals surface area contributed by atoms with E-state index in [4.69, 9.17) is 0 Å². The van der Waals surface area contributed by atoms with Gasteiger partial charge in [0.05, 0.1) is 5.75 Å². The van der Waals surface area contributed by atoms with Crippen LogP contribution in [-0.2, 0) is 10.5 Å². The van der Waals surface area contributed by atoms with Crippen LogP contribution in [0.25, 0.3) is 0 Å². The number of carbonyl (C=O) groups is 1. The number of hydrogen-bond acceptors (Lipinski definition) is 3. The number of aliphatic hydroxyl groups is 1. The van der Waals surface area contributed by atoms with Crippen molar-refractivity contribution in [2.75, 3.05) is 12.4 Å². The van der Waals surface area contributed by atoms with Crippen molar-refractivity contribution in [1.29, 1.82) is 0 Å². The summed E-state index contributed by atoms with van der Waals surface area (Å²) in [4.78, 5) is 12.0. The molecule has 1 aromatic carbocycles. The number of nitrogens with one attached hydrogen (secondary N) is 1. The lowest BCUT2D eigenvalue weighted by molar-refractivity contribution is -0.120. The van der Waals surface area contributed by atoms with Crippen molar-refractivity contribution in [3.63, 3.8) is 0 Å². The molecule has 116 valence electrons. The summed E-state index contributed by atoms with van der Waals surface area (Å²) in [5.74, 6) is 1.69. The molecule has 1 aliphatic carbocycles. The summed E-state index contributed by atoms with van der Waals surface area (Å²) in [6, 6.07) is 8.56. The van der Waals surface area contributed by atoms with Crippen molar-refractivity contribution in [2.24, 2.45) is 5.92 Å². The number of rotatable bonds is 6. The van der Waals surface area contributed by atoms with Crippen LogP contribution in [0, 0.1) is 12.8 Å². The summed E-state index contributed by atoms with van der Waals surface area (Å²) in [5.41, 5.74) is 2.52. The highest BCUT2D eigenvalue weighted by Gasteiger charge is 2.25. The molecule has 0 bridgehead atoms. The van der Waals surface area contributed by atoms with Crippen LogP contribution in [-0.4, -0.2) is 29.4 Å². The fourth-order valence-electron chi connectivity index (χ4n) is 2.93. The van der Waals surface area contributed by atoms with Crippen molar-refractivity contribution < 1.29 is 9.90 Å². The summed E-state index contributed by atoms with van der Waals surface area (Å²) < 4.78 is 0. The highest BCUT2D eigenvalue weighted by atomic mass is 32.2. The Bertz CT molecular complexity index is 464. The molecule has 4 heteroatoms. The molecule has 0 spiro atoms. The fourth-order valence-corrected chi connectivity index (χ4v) is 3.71. The number of aliphatic hydroxyl groups excluding tert-OH is 1. The molecule has 1 aliphatic rings. The molecule has 1 saturated carbocycles. The number of thioether (sulfide) groups is 1. The molecule has 2 N–H and O–H groups in total. The van der Waals surface area contributed by atoms with E-state index in [1.54, 1.807) is 11.8 Å². The van der Waals surface area contributed by atoms with Crippen LogP contribution in [0.4, 0.5) is 0 Å². The van der Waals surface area contributed by atoms with Crippen molar-refractivity contribution in [2.45, 2.75) is 44.4 Å². The Hall–Kier alpha value is -1.00. The van der Waals surface area contributed by atoms with Crippen molar-refractivity contribution >= 4 is 17.7 Å². The first-order chi connectivity index (χ1) is 10.2. The lowest BCUT2D eigenvalue weighted by Gasteiger charge is -2.30. The van der Waals surface area contributed by atoms with Crippen LogP contribution in [0.1, 0.15) is 36.8 Å². The molecule has 2 atom stereocenters. The molecule has 2 unspecified atom stereocenters. The van der Waals surface area contributed by atoms with Crippen LogP contribution in [0.15, 0.2) is 24.3 Å². The minimum atomic E-state index is 0.0954. The van der Waals surface area contributed by atoms with Crippen LogP contribution in [0.5, 0.6) is 0 Å². The third-order valence-electron chi connectivity index (χ3n) is 4.07. The normalized spacial score (nSPS) is 22.0. The Kier molecular flexibility index (Phi) is 6.58. The Labute approximate surface area is 131 Å². The van der Waals surface area contributed by atoms with E-state index in [0.29, 0.717) is 5.75 Å². The van der Waals surface area contributed by atoms with Gasteiger partial charge in [-0.05, 0) is 25.3 Å². The minimum Gasteiger partial charge on any atom is -0.396 e. The molecule has 1 fully saturated rings. The van der Waals surface area contributed by atoms with Crippen LogP contribution >= 0.6 is 11.8 Å². The molecule has 0 aromatic heterocycles. The number of benzene rings is 1. The highest BCUT2D eigenvalue weighted by molar-refractivity contribution is 7.99. The summed E-state index contributed by atoms with van der Waals surface area (Å²) in [7, 11) is 0. The molecular weight excluding hydrogens is 282 g/mol. The zero-order chi connectivity index (χ0) is 15.1. The van der Waals surface area contributed by atoms with E-state index in [2.05, 4.69) is 36.5 Å². The van der Waals surface area contributed by atoms with Gasteiger partial charge in [0, 0.05) is 24.3 Å². The maximum atomic E-state index is 12.0. The zero-order valence-electron chi connectivity index (χ0n) is 12.7. The lowest BCUT2D eigenvalue weighted by Crippen LogP contribution is -2.44. The van der Waals surface area contributed by atoms with Gasteiger partial charge in [-0.3, -0.25) is 4.79 Å². The third kappa shape index (κ3) is 5.36. The van der Waals surface area contributed by atoms with Crippen molar-refractivity contribution in [3.8, 4) is 0 Å². The van der Waals surface area contributed by atoms with Crippen LogP contribution in [0.3, 0.4) is 0 Å². The standard InChI is InChI=1S/C17H25NO2S/c1-13-5-4-6-14(9-13)11-21-12-17(20)18-16-8-3-2-7-15(16)10-19/h4-6,9,15-16,19H,2-3,7-8,10-12H2,1H3,(H,18,20). The first-order valence-electron chi connectivity index (χ1n) is 7.72. The topological polar surface area (TPSA) is 49.3 Å². The average Bonchev–Trinajstić information content (AvgIpc) is 2.48. The van der Waals surface area contributed by atoms with E-state index >= 15 is 0 Å². The van der Waals surface area contributed by atoms with Gasteiger partial charge in [-0.25, -0.2) is 0 Å². The maximum absolute atomic E-state index is 12.0. The third-order valence-corrected chi connectivity index (χ3v) is 5.08. The van der Waals surface area contributed by atoms with Gasteiger partial charge in [-0.1, -0.05) is 42.7 Å². The zero-order valence-corrected chi connectivity index (χ0v) is 13.5. The molecular formula is C17H25NO2S. The number of amides is 1. The van der Waals surface area contributed by atoms with Gasteiger partial charge in [0.2, 0.25) is 5.91 Å². The molecule has 0 aliphatic heterocycles. The first kappa shape index (κ1) is 16.4. The quantitative estimate of drug-likeness (QED) is 0.849. The molecule has 2 rings (SSSR count). The second-order valence-electron chi connectivity index (χ2n) is 5.88. The summed E-state index contributed by atoms with van der Waals surface area (Å²) >= 11 is 1.65. The first-order valence-corrected chi connectivity index (χ1v) is 8.88. The minimum absolute atomic E-state index is 0.0954. The van der Waals surface area contributed by atoms with Gasteiger partial charge in [0.25, 0.3) is 0 Å². The average molecular weight is 307 g/mol. The second-order valence-corrected chi connectivity index (χ2v) is 6.87. The van der Waals surface area contributed by atoms with Crippen LogP contribution in [0.2, 0.25) is 0 Å². The van der Waals surface area contributed by atoms with Crippen molar-refractivity contribution in [3.05, 3.63) is 35.4 Å². The largest absolute Gasteiger partial charge is 0.396 e. The van der Waals surface area contributed by atoms with E-state index in [-0.39, 0.29) is 24.5 Å². The monoisotopic (exact) mass is 307 g/mol. The van der Waals surface area contributed by atoms with Gasteiger partial charge in [-0.2, -0.15) is 0 Å². The maximum Gasteiger partial charge on any atom is 0.230 e. The van der Waals surface area contributed by atoms with E-state index in [0.717, 1.165) is 25.0 Å². The second kappa shape index (κ2) is 8.44. The number of hydrogen-bond donors (Lipinski definition) is 2. The Morgan fingerprint density at radius 2 is 2.19 bits per heavy atom. The predicted molar refractivity (Wildman–Crippen MR) is 88.3 cm³/mol. The molecule has 0 heterocycles. The van der Waals surface area contributed by atoms with Gasteiger partial charge in [0.15, 0.2) is 0 Å². The molecule has 0 saturated heterocycles. The fraction of sp³-hybridized carbons (Fsp3) is 0.588. The number of aryl methyl sites for hydroxylation is 1.